The van der Waals surface area contributed by atoms with E-state index in [0.717, 1.165) is 3.57 Å². The Labute approximate surface area is 178 Å². The number of rotatable bonds is 3. The van der Waals surface area contributed by atoms with Gasteiger partial charge in [-0.2, -0.15) is 0 Å². The molecule has 0 unspecified atom stereocenters. The van der Waals surface area contributed by atoms with Crippen LogP contribution in [0.3, 0.4) is 0 Å². The van der Waals surface area contributed by atoms with E-state index in [1.54, 1.807) is 42.5 Å². The molecule has 1 aromatic heterocycles. The lowest BCUT2D eigenvalue weighted by atomic mass is 10.2. The number of nitrogens with one attached hydrogen (secondary N) is 1. The molecule has 0 saturated heterocycles. The minimum Gasteiger partial charge on any atom is -0.436 e. The van der Waals surface area contributed by atoms with Gasteiger partial charge in [0, 0.05) is 14.3 Å². The lowest BCUT2D eigenvalue weighted by Crippen LogP contribution is -2.13. The Balaban J connectivity index is 1.66. The molecular formula is C20H11Cl2IN2O2. The Morgan fingerprint density at radius 3 is 2.67 bits per heavy atom. The van der Waals surface area contributed by atoms with Crippen molar-refractivity contribution in [3.05, 3.63) is 79.8 Å². The highest BCUT2D eigenvalue weighted by molar-refractivity contribution is 14.1. The SMILES string of the molecule is O=C(Nc1ccc2oc(-c3cc(Cl)ccc3Cl)nc2c1)c1ccccc1I. The average molecular weight is 509 g/mol. The number of anilines is 1. The molecule has 0 aliphatic rings. The van der Waals surface area contributed by atoms with Gasteiger partial charge in [-0.25, -0.2) is 4.98 Å². The van der Waals surface area contributed by atoms with Crippen molar-refractivity contribution in [2.45, 2.75) is 0 Å². The van der Waals surface area contributed by atoms with Crippen LogP contribution in [0.1, 0.15) is 10.4 Å². The molecule has 0 saturated carbocycles. The van der Waals surface area contributed by atoms with E-state index in [2.05, 4.69) is 32.9 Å². The molecule has 0 radical (unpaired) electrons. The fourth-order valence-corrected chi connectivity index (χ4v) is 3.63. The number of hydrogen-bond donors (Lipinski definition) is 1. The number of hydrogen-bond acceptors (Lipinski definition) is 3. The van der Waals surface area contributed by atoms with Crippen LogP contribution in [0.25, 0.3) is 22.6 Å². The molecule has 0 atom stereocenters. The average Bonchev–Trinajstić information content (AvgIpc) is 3.07. The molecule has 0 spiro atoms. The minimum atomic E-state index is -0.180. The molecule has 1 N–H and O–H groups in total. The zero-order valence-electron chi connectivity index (χ0n) is 13.7. The number of nitrogens with zero attached hydrogens (tertiary/aromatic N) is 1. The van der Waals surface area contributed by atoms with E-state index in [1.807, 2.05) is 18.2 Å². The fourth-order valence-electron chi connectivity index (χ4n) is 2.63. The van der Waals surface area contributed by atoms with Crippen LogP contribution < -0.4 is 5.32 Å². The molecule has 4 rings (SSSR count). The summed E-state index contributed by atoms with van der Waals surface area (Å²) < 4.78 is 6.67. The van der Waals surface area contributed by atoms with Crippen LogP contribution in [0.4, 0.5) is 5.69 Å². The summed E-state index contributed by atoms with van der Waals surface area (Å²) in [5.74, 6) is 0.194. The van der Waals surface area contributed by atoms with Crippen LogP contribution in [-0.2, 0) is 0 Å². The Morgan fingerprint density at radius 2 is 1.85 bits per heavy atom. The van der Waals surface area contributed by atoms with Crippen molar-refractivity contribution in [2.75, 3.05) is 5.32 Å². The van der Waals surface area contributed by atoms with E-state index < -0.39 is 0 Å². The predicted octanol–water partition coefficient (Wildman–Crippen LogP) is 6.66. The topological polar surface area (TPSA) is 55.1 Å². The van der Waals surface area contributed by atoms with Crippen LogP contribution >= 0.6 is 45.8 Å². The third-order valence-electron chi connectivity index (χ3n) is 3.92. The summed E-state index contributed by atoms with van der Waals surface area (Å²) in [6.45, 7) is 0. The van der Waals surface area contributed by atoms with Gasteiger partial charge >= 0.3 is 0 Å². The van der Waals surface area contributed by atoms with E-state index in [1.165, 1.54) is 0 Å². The highest BCUT2D eigenvalue weighted by Gasteiger charge is 2.14. The van der Waals surface area contributed by atoms with Crippen LogP contribution in [0.5, 0.6) is 0 Å². The molecule has 7 heteroatoms. The quantitative estimate of drug-likeness (QED) is 0.315. The smallest absolute Gasteiger partial charge is 0.256 e. The molecule has 0 aliphatic carbocycles. The zero-order valence-corrected chi connectivity index (χ0v) is 17.3. The summed E-state index contributed by atoms with van der Waals surface area (Å²) in [6.07, 6.45) is 0. The van der Waals surface area contributed by atoms with Gasteiger partial charge in [0.15, 0.2) is 5.58 Å². The lowest BCUT2D eigenvalue weighted by Gasteiger charge is -2.06. The molecule has 4 nitrogen and oxygen atoms in total. The maximum Gasteiger partial charge on any atom is 0.256 e. The molecule has 4 aromatic rings. The second-order valence-electron chi connectivity index (χ2n) is 5.76. The maximum atomic E-state index is 12.5. The Kier molecular flexibility index (Phi) is 5.08. The van der Waals surface area contributed by atoms with Crippen molar-refractivity contribution in [1.82, 2.24) is 4.98 Å². The number of carbonyl (C=O) groups is 1. The normalized spacial score (nSPS) is 10.9. The Hall–Kier alpha value is -2.09. The van der Waals surface area contributed by atoms with Gasteiger partial charge < -0.3 is 9.73 Å². The molecule has 0 fully saturated rings. The molecule has 27 heavy (non-hydrogen) atoms. The van der Waals surface area contributed by atoms with E-state index >= 15 is 0 Å². The van der Waals surface area contributed by atoms with E-state index in [4.69, 9.17) is 27.6 Å². The summed E-state index contributed by atoms with van der Waals surface area (Å²) in [7, 11) is 0. The van der Waals surface area contributed by atoms with Crippen molar-refractivity contribution >= 4 is 68.5 Å². The van der Waals surface area contributed by atoms with E-state index in [9.17, 15) is 4.79 Å². The highest BCUT2D eigenvalue weighted by atomic mass is 127. The van der Waals surface area contributed by atoms with Gasteiger partial charge in [0.25, 0.3) is 5.91 Å². The third-order valence-corrected chi connectivity index (χ3v) is 5.43. The second-order valence-corrected chi connectivity index (χ2v) is 7.77. The van der Waals surface area contributed by atoms with Crippen LogP contribution in [0, 0.1) is 3.57 Å². The Morgan fingerprint density at radius 1 is 1.04 bits per heavy atom. The predicted molar refractivity (Wildman–Crippen MR) is 117 cm³/mol. The molecule has 0 bridgehead atoms. The summed E-state index contributed by atoms with van der Waals surface area (Å²) in [5, 5.41) is 3.93. The van der Waals surface area contributed by atoms with Crippen LogP contribution in [0.15, 0.2) is 65.1 Å². The number of aromatic nitrogens is 1. The maximum absolute atomic E-state index is 12.5. The van der Waals surface area contributed by atoms with Crippen molar-refractivity contribution < 1.29 is 9.21 Å². The number of oxazole rings is 1. The van der Waals surface area contributed by atoms with Gasteiger partial charge in [0.05, 0.1) is 16.1 Å². The van der Waals surface area contributed by atoms with E-state index in [-0.39, 0.29) is 5.91 Å². The first kappa shape index (κ1) is 18.3. The largest absolute Gasteiger partial charge is 0.436 e. The van der Waals surface area contributed by atoms with Gasteiger partial charge in [0.2, 0.25) is 5.89 Å². The molecule has 1 heterocycles. The first-order valence-corrected chi connectivity index (χ1v) is 9.76. The summed E-state index contributed by atoms with van der Waals surface area (Å²) >= 11 is 14.4. The molecule has 0 aliphatic heterocycles. The van der Waals surface area contributed by atoms with Gasteiger partial charge in [-0.1, -0.05) is 35.3 Å². The fraction of sp³-hybridized carbons (Fsp3) is 0. The first-order chi connectivity index (χ1) is 13.0. The third kappa shape index (κ3) is 3.81. The lowest BCUT2D eigenvalue weighted by molar-refractivity contribution is 0.102. The number of halogens is 3. The van der Waals surface area contributed by atoms with Crippen LogP contribution in [-0.4, -0.2) is 10.9 Å². The van der Waals surface area contributed by atoms with Gasteiger partial charge in [-0.05, 0) is 71.1 Å². The number of carbonyl (C=O) groups excluding carboxylic acids is 1. The molecule has 3 aromatic carbocycles. The number of amides is 1. The standard InChI is InChI=1S/C20H11Cl2IN2O2/c21-11-5-7-15(22)14(9-11)20-25-17-10-12(6-8-18(17)27-20)24-19(26)13-3-1-2-4-16(13)23/h1-10H,(H,24,26). The molecular weight excluding hydrogens is 498 g/mol. The van der Waals surface area contributed by atoms with Crippen molar-refractivity contribution in [1.29, 1.82) is 0 Å². The number of benzene rings is 3. The van der Waals surface area contributed by atoms with E-state index in [0.29, 0.717) is 43.9 Å². The van der Waals surface area contributed by atoms with Crippen molar-refractivity contribution in [3.63, 3.8) is 0 Å². The van der Waals surface area contributed by atoms with Gasteiger partial charge in [0.1, 0.15) is 5.52 Å². The summed E-state index contributed by atoms with van der Waals surface area (Å²) in [6, 6.07) is 17.8. The molecule has 1 amide bonds. The summed E-state index contributed by atoms with van der Waals surface area (Å²) in [5.41, 5.74) is 3.06. The van der Waals surface area contributed by atoms with Crippen molar-refractivity contribution in [3.8, 4) is 11.5 Å². The minimum absolute atomic E-state index is 0.180. The highest BCUT2D eigenvalue weighted by Crippen LogP contribution is 2.32. The first-order valence-electron chi connectivity index (χ1n) is 7.93. The molecule has 134 valence electrons. The van der Waals surface area contributed by atoms with Gasteiger partial charge in [-0.15, -0.1) is 0 Å². The van der Waals surface area contributed by atoms with Crippen LogP contribution in [0.2, 0.25) is 10.0 Å². The number of fused-ring (bicyclic) bond motifs is 1. The van der Waals surface area contributed by atoms with Crippen molar-refractivity contribution in [2.24, 2.45) is 0 Å². The second kappa shape index (κ2) is 7.50. The zero-order chi connectivity index (χ0) is 19.0. The Bertz CT molecular complexity index is 1170. The summed E-state index contributed by atoms with van der Waals surface area (Å²) in [4.78, 5) is 17.0. The monoisotopic (exact) mass is 508 g/mol. The van der Waals surface area contributed by atoms with Gasteiger partial charge in [-0.3, -0.25) is 4.79 Å².